The van der Waals surface area contributed by atoms with Crippen molar-refractivity contribution in [1.82, 2.24) is 24.4 Å². The summed E-state index contributed by atoms with van der Waals surface area (Å²) in [7, 11) is -1.81. The molecule has 0 radical (unpaired) electrons. The Kier molecular flexibility index (Phi) is 8.71. The fourth-order valence-electron chi connectivity index (χ4n) is 5.93. The average Bonchev–Trinajstić information content (AvgIpc) is 3.55. The molecule has 41 heavy (non-hydrogen) atoms. The number of hydrogen-bond acceptors (Lipinski definition) is 8. The number of sulfonamides is 1. The molecule has 3 fully saturated rings. The summed E-state index contributed by atoms with van der Waals surface area (Å²) in [4.78, 5) is 48.8. The number of Topliss-reactive ketones (excluding diaryl/α,β-unsaturated/α-hetero) is 1. The Morgan fingerprint density at radius 3 is 2.46 bits per heavy atom. The van der Waals surface area contributed by atoms with Gasteiger partial charge in [0.25, 0.3) is 15.9 Å². The Morgan fingerprint density at radius 1 is 1.05 bits per heavy atom. The van der Waals surface area contributed by atoms with Crippen molar-refractivity contribution in [2.24, 2.45) is 5.92 Å². The van der Waals surface area contributed by atoms with E-state index in [1.165, 1.54) is 21.5 Å². The van der Waals surface area contributed by atoms with Crippen LogP contribution in [0.5, 0.6) is 0 Å². The molecule has 0 aliphatic carbocycles. The van der Waals surface area contributed by atoms with E-state index in [0.717, 1.165) is 31.9 Å². The summed E-state index contributed by atoms with van der Waals surface area (Å²) in [6, 6.07) is 11.0. The summed E-state index contributed by atoms with van der Waals surface area (Å²) in [5.41, 5.74) is 1.71. The van der Waals surface area contributed by atoms with Crippen molar-refractivity contribution in [3.05, 3.63) is 54.2 Å². The van der Waals surface area contributed by atoms with Crippen LogP contribution in [0.4, 0.5) is 5.69 Å². The van der Waals surface area contributed by atoms with Gasteiger partial charge in [-0.15, -0.1) is 0 Å². The molecular formula is C29H38N6O5S. The van der Waals surface area contributed by atoms with E-state index in [2.05, 4.69) is 27.1 Å². The largest absolute Gasteiger partial charge is 0.369 e. The van der Waals surface area contributed by atoms with E-state index >= 15 is 0 Å². The number of carbonyl (C=O) groups excluding carboxylic acids is 3. The molecule has 5 rings (SSSR count). The van der Waals surface area contributed by atoms with E-state index in [1.807, 2.05) is 31.2 Å². The van der Waals surface area contributed by atoms with Crippen molar-refractivity contribution < 1.29 is 22.8 Å². The van der Waals surface area contributed by atoms with Gasteiger partial charge in [-0.2, -0.15) is 4.31 Å². The lowest BCUT2D eigenvalue weighted by Gasteiger charge is -2.34. The van der Waals surface area contributed by atoms with Crippen molar-refractivity contribution in [3.63, 3.8) is 0 Å². The molecule has 11 nitrogen and oxygen atoms in total. The number of carbonyl (C=O) groups is 3. The molecule has 0 saturated carbocycles. The van der Waals surface area contributed by atoms with Gasteiger partial charge in [0.2, 0.25) is 5.91 Å². The van der Waals surface area contributed by atoms with Crippen LogP contribution < -0.4 is 10.2 Å². The zero-order valence-electron chi connectivity index (χ0n) is 23.6. The van der Waals surface area contributed by atoms with Gasteiger partial charge in [-0.3, -0.25) is 14.4 Å². The maximum Gasteiger partial charge on any atom is 0.261 e. The molecule has 1 aromatic carbocycles. The number of aromatic nitrogens is 1. The smallest absolute Gasteiger partial charge is 0.261 e. The van der Waals surface area contributed by atoms with Crippen molar-refractivity contribution in [2.75, 3.05) is 57.8 Å². The lowest BCUT2D eigenvalue weighted by atomic mass is 10.0. The highest BCUT2D eigenvalue weighted by Gasteiger charge is 2.53. The first-order valence-electron chi connectivity index (χ1n) is 14.2. The molecule has 3 atom stereocenters. The third kappa shape index (κ3) is 6.29. The molecule has 3 unspecified atom stereocenters. The number of nitrogens with zero attached hydrogens (tertiary/aromatic N) is 5. The number of anilines is 1. The van der Waals surface area contributed by atoms with Crippen LogP contribution in [0.2, 0.25) is 0 Å². The minimum atomic E-state index is -3.93. The van der Waals surface area contributed by atoms with Crippen LogP contribution in [0.3, 0.4) is 0 Å². The topological polar surface area (TPSA) is 123 Å². The van der Waals surface area contributed by atoms with Gasteiger partial charge in [0.05, 0.1) is 12.6 Å². The van der Waals surface area contributed by atoms with Gasteiger partial charge in [-0.1, -0.05) is 13.0 Å². The predicted octanol–water partition coefficient (Wildman–Crippen LogP) is 1.22. The predicted molar refractivity (Wildman–Crippen MR) is 154 cm³/mol. The number of piperazine rings is 1. The molecule has 2 amide bonds. The van der Waals surface area contributed by atoms with Crippen molar-refractivity contribution in [1.29, 1.82) is 0 Å². The van der Waals surface area contributed by atoms with Gasteiger partial charge in [-0.05, 0) is 62.2 Å². The van der Waals surface area contributed by atoms with Crippen LogP contribution in [-0.2, 0) is 19.6 Å². The van der Waals surface area contributed by atoms with E-state index in [4.69, 9.17) is 0 Å². The Bertz CT molecular complexity index is 1360. The molecule has 220 valence electrons. The molecule has 0 spiro atoms. The fourth-order valence-corrected chi connectivity index (χ4v) is 7.49. The van der Waals surface area contributed by atoms with Gasteiger partial charge < -0.3 is 20.0 Å². The standard InChI is InChI=1S/C29H38N6O5S/c1-21(10-13-31-29(38)22-6-8-23(9-7-22)33-17-15-32(2)16-18-33)19-27(37)34-14-11-24-28(34)25(36)20-35(24)41(39,40)26-5-3-4-12-30-26/h3-9,12,21,24,28H,10-11,13-20H2,1-2H3,(H,31,38). The number of rotatable bonds is 9. The minimum Gasteiger partial charge on any atom is -0.369 e. The third-order valence-corrected chi connectivity index (χ3v) is 10.1. The molecule has 2 aromatic rings. The van der Waals surface area contributed by atoms with Gasteiger partial charge >= 0.3 is 0 Å². The van der Waals surface area contributed by atoms with Gasteiger partial charge in [0.1, 0.15) is 6.04 Å². The van der Waals surface area contributed by atoms with Crippen LogP contribution in [0.15, 0.2) is 53.7 Å². The highest BCUT2D eigenvalue weighted by Crippen LogP contribution is 2.34. The fraction of sp³-hybridized carbons (Fsp3) is 0.517. The summed E-state index contributed by atoms with van der Waals surface area (Å²) >= 11 is 0. The number of likely N-dealkylation sites (tertiary alicyclic amines) is 1. The van der Waals surface area contributed by atoms with Crippen molar-refractivity contribution in [2.45, 2.75) is 43.3 Å². The second kappa shape index (κ2) is 12.3. The van der Waals surface area contributed by atoms with E-state index in [0.29, 0.717) is 31.5 Å². The summed E-state index contributed by atoms with van der Waals surface area (Å²) in [5.74, 6) is -0.604. The maximum absolute atomic E-state index is 13.2. The molecule has 3 saturated heterocycles. The Labute approximate surface area is 241 Å². The number of likely N-dealkylation sites (N-methyl/N-ethyl adjacent to an activating group) is 1. The Balaban J connectivity index is 1.09. The first-order valence-corrected chi connectivity index (χ1v) is 15.7. The summed E-state index contributed by atoms with van der Waals surface area (Å²) in [5, 5.41) is 2.84. The molecular weight excluding hydrogens is 544 g/mol. The van der Waals surface area contributed by atoms with Gasteiger partial charge in [-0.25, -0.2) is 13.4 Å². The molecule has 12 heteroatoms. The highest BCUT2D eigenvalue weighted by atomic mass is 32.2. The van der Waals surface area contributed by atoms with Crippen LogP contribution in [0.1, 0.15) is 36.5 Å². The van der Waals surface area contributed by atoms with Crippen molar-refractivity contribution in [3.8, 4) is 0 Å². The zero-order chi connectivity index (χ0) is 29.1. The molecule has 3 aliphatic heterocycles. The number of ketones is 1. The maximum atomic E-state index is 13.2. The molecule has 4 heterocycles. The van der Waals surface area contributed by atoms with Crippen LogP contribution in [0.25, 0.3) is 0 Å². The Hall–Kier alpha value is -3.35. The quantitative estimate of drug-likeness (QED) is 0.468. The lowest BCUT2D eigenvalue weighted by molar-refractivity contribution is -0.137. The normalized spacial score (nSPS) is 22.5. The average molecular weight is 583 g/mol. The number of fused-ring (bicyclic) bond motifs is 1. The lowest BCUT2D eigenvalue weighted by Crippen LogP contribution is -2.44. The number of benzene rings is 1. The summed E-state index contributed by atoms with van der Waals surface area (Å²) in [6.07, 6.45) is 2.64. The number of pyridine rings is 1. The minimum absolute atomic E-state index is 0.0219. The van der Waals surface area contributed by atoms with Crippen LogP contribution in [-0.4, -0.2) is 110 Å². The summed E-state index contributed by atoms with van der Waals surface area (Å²) in [6.45, 7) is 6.42. The van der Waals surface area contributed by atoms with Gasteiger partial charge in [0, 0.05) is 63.1 Å². The monoisotopic (exact) mass is 582 g/mol. The molecule has 0 bridgehead atoms. The number of hydrogen-bond donors (Lipinski definition) is 1. The second-order valence-electron chi connectivity index (χ2n) is 11.3. The van der Waals surface area contributed by atoms with E-state index in [9.17, 15) is 22.8 Å². The summed E-state index contributed by atoms with van der Waals surface area (Å²) < 4.78 is 27.4. The van der Waals surface area contributed by atoms with Crippen LogP contribution >= 0.6 is 0 Å². The highest BCUT2D eigenvalue weighted by molar-refractivity contribution is 7.89. The second-order valence-corrected chi connectivity index (χ2v) is 13.1. The van der Waals surface area contributed by atoms with Crippen LogP contribution in [0, 0.1) is 5.92 Å². The van der Waals surface area contributed by atoms with E-state index in [1.54, 1.807) is 12.1 Å². The van der Waals surface area contributed by atoms with E-state index < -0.39 is 22.1 Å². The molecule has 1 N–H and O–H groups in total. The molecule has 3 aliphatic rings. The third-order valence-electron chi connectivity index (χ3n) is 8.35. The first kappa shape index (κ1) is 29.2. The first-order chi connectivity index (χ1) is 19.6. The SMILES string of the molecule is CC(CCNC(=O)c1ccc(N2CCN(C)CC2)cc1)CC(=O)N1CCC2C1C(=O)CN2S(=O)(=O)c1ccccn1. The Morgan fingerprint density at radius 2 is 1.78 bits per heavy atom. The number of nitrogens with one attached hydrogen (secondary N) is 1. The molecule has 1 aromatic heterocycles. The van der Waals surface area contributed by atoms with E-state index in [-0.39, 0.29) is 41.5 Å². The van der Waals surface area contributed by atoms with Gasteiger partial charge in [0.15, 0.2) is 10.8 Å². The zero-order valence-corrected chi connectivity index (χ0v) is 24.4. The number of amides is 2. The van der Waals surface area contributed by atoms with Crippen molar-refractivity contribution >= 4 is 33.3 Å².